The van der Waals surface area contributed by atoms with E-state index in [4.69, 9.17) is 9.63 Å². The molecule has 2 N–H and O–H groups in total. The number of nitrogens with zero attached hydrogens (tertiary/aromatic N) is 2. The molecule has 0 aliphatic carbocycles. The van der Waals surface area contributed by atoms with Gasteiger partial charge in [-0.15, -0.1) is 0 Å². The molecule has 1 heterocycles. The van der Waals surface area contributed by atoms with Gasteiger partial charge in [-0.3, -0.25) is 4.79 Å². The van der Waals surface area contributed by atoms with Gasteiger partial charge in [0.1, 0.15) is 0 Å². The van der Waals surface area contributed by atoms with Crippen molar-refractivity contribution in [1.82, 2.24) is 15.5 Å². The van der Waals surface area contributed by atoms with Gasteiger partial charge in [-0.05, 0) is 17.5 Å². The van der Waals surface area contributed by atoms with Crippen LogP contribution in [-0.4, -0.2) is 34.3 Å². The molecular weight excluding hydrogens is 282 g/mol. The molecule has 0 saturated carbocycles. The van der Waals surface area contributed by atoms with E-state index in [1.165, 1.54) is 0 Å². The minimum absolute atomic E-state index is 0.0653. The van der Waals surface area contributed by atoms with E-state index >= 15 is 0 Å². The number of aliphatic hydroxyl groups excluding tert-OH is 1. The molecule has 0 spiro atoms. The van der Waals surface area contributed by atoms with Gasteiger partial charge in [-0.2, -0.15) is 4.98 Å². The van der Waals surface area contributed by atoms with Crippen molar-refractivity contribution in [2.45, 2.75) is 27.2 Å². The van der Waals surface area contributed by atoms with E-state index in [-0.39, 0.29) is 24.5 Å². The van der Waals surface area contributed by atoms with Gasteiger partial charge in [0, 0.05) is 24.1 Å². The highest BCUT2D eigenvalue weighted by atomic mass is 16.5. The SMILES string of the molecule is CC(C)(C)Cc1nc(-c2cccc(C(=O)NCCO)c2)no1. The fraction of sp³-hybridized carbons (Fsp3) is 0.438. The number of carbonyl (C=O) groups is 1. The van der Waals surface area contributed by atoms with Crippen LogP contribution in [0, 0.1) is 5.41 Å². The summed E-state index contributed by atoms with van der Waals surface area (Å²) in [5.74, 6) is 0.808. The maximum atomic E-state index is 11.9. The van der Waals surface area contributed by atoms with Crippen LogP contribution < -0.4 is 5.32 Å². The zero-order valence-corrected chi connectivity index (χ0v) is 13.1. The van der Waals surface area contributed by atoms with Gasteiger partial charge < -0.3 is 14.9 Å². The van der Waals surface area contributed by atoms with Crippen LogP contribution >= 0.6 is 0 Å². The van der Waals surface area contributed by atoms with E-state index in [1.54, 1.807) is 18.2 Å². The van der Waals surface area contributed by atoms with Crippen molar-refractivity contribution < 1.29 is 14.4 Å². The van der Waals surface area contributed by atoms with Crippen LogP contribution in [0.1, 0.15) is 37.0 Å². The molecular formula is C16H21N3O3. The second-order valence-electron chi connectivity index (χ2n) is 6.31. The lowest BCUT2D eigenvalue weighted by Gasteiger charge is -2.13. The standard InChI is InChI=1S/C16H21N3O3/c1-16(2,3)10-13-18-14(19-22-13)11-5-4-6-12(9-11)15(21)17-7-8-20/h4-6,9,20H,7-8,10H2,1-3H3,(H,17,21). The number of rotatable bonds is 5. The van der Waals surface area contributed by atoms with Crippen LogP contribution in [0.3, 0.4) is 0 Å². The Morgan fingerprint density at radius 2 is 2.14 bits per heavy atom. The summed E-state index contributed by atoms with van der Waals surface area (Å²) in [5, 5.41) is 15.3. The first-order valence-corrected chi connectivity index (χ1v) is 7.21. The highest BCUT2D eigenvalue weighted by molar-refractivity contribution is 5.95. The number of aromatic nitrogens is 2. The third kappa shape index (κ3) is 4.39. The minimum Gasteiger partial charge on any atom is -0.395 e. The molecule has 1 aromatic heterocycles. The van der Waals surface area contributed by atoms with Gasteiger partial charge in [0.25, 0.3) is 5.91 Å². The van der Waals surface area contributed by atoms with Crippen LogP contribution in [0.5, 0.6) is 0 Å². The molecule has 6 heteroatoms. The number of carbonyl (C=O) groups excluding carboxylic acids is 1. The highest BCUT2D eigenvalue weighted by Gasteiger charge is 2.17. The Balaban J connectivity index is 2.17. The van der Waals surface area contributed by atoms with Gasteiger partial charge in [0.15, 0.2) is 0 Å². The summed E-state index contributed by atoms with van der Waals surface area (Å²) in [5.41, 5.74) is 1.28. The number of benzene rings is 1. The quantitative estimate of drug-likeness (QED) is 0.882. The third-order valence-electron chi connectivity index (χ3n) is 2.93. The van der Waals surface area contributed by atoms with Crippen molar-refractivity contribution >= 4 is 5.91 Å². The van der Waals surface area contributed by atoms with Crippen molar-refractivity contribution in [2.24, 2.45) is 5.41 Å². The van der Waals surface area contributed by atoms with Crippen LogP contribution in [-0.2, 0) is 6.42 Å². The summed E-state index contributed by atoms with van der Waals surface area (Å²) in [6.45, 7) is 6.43. The number of aliphatic hydroxyl groups is 1. The average molecular weight is 303 g/mol. The van der Waals surface area contributed by atoms with Gasteiger partial charge in [0.05, 0.1) is 6.61 Å². The summed E-state index contributed by atoms with van der Waals surface area (Å²) >= 11 is 0. The van der Waals surface area contributed by atoms with Gasteiger partial charge in [-0.25, -0.2) is 0 Å². The minimum atomic E-state index is -0.241. The van der Waals surface area contributed by atoms with E-state index in [0.717, 1.165) is 5.56 Å². The fourth-order valence-corrected chi connectivity index (χ4v) is 1.97. The second-order valence-corrected chi connectivity index (χ2v) is 6.31. The Bertz CT molecular complexity index is 644. The van der Waals surface area contributed by atoms with E-state index < -0.39 is 0 Å². The smallest absolute Gasteiger partial charge is 0.251 e. The molecule has 0 fully saturated rings. The Labute approximate surface area is 129 Å². The van der Waals surface area contributed by atoms with Crippen molar-refractivity contribution in [2.75, 3.05) is 13.2 Å². The molecule has 2 rings (SSSR count). The first kappa shape index (κ1) is 16.2. The Morgan fingerprint density at radius 3 is 2.82 bits per heavy atom. The lowest BCUT2D eigenvalue weighted by Crippen LogP contribution is -2.26. The summed E-state index contributed by atoms with van der Waals surface area (Å²) in [6.07, 6.45) is 0.691. The summed E-state index contributed by atoms with van der Waals surface area (Å²) in [4.78, 5) is 16.3. The maximum absolute atomic E-state index is 11.9. The predicted molar refractivity (Wildman–Crippen MR) is 82.3 cm³/mol. The molecule has 1 amide bonds. The zero-order valence-electron chi connectivity index (χ0n) is 13.1. The normalized spacial score (nSPS) is 11.5. The summed E-state index contributed by atoms with van der Waals surface area (Å²) in [7, 11) is 0. The van der Waals surface area contributed by atoms with Crippen LogP contribution in [0.4, 0.5) is 0 Å². The molecule has 0 aliphatic heterocycles. The molecule has 0 aliphatic rings. The lowest BCUT2D eigenvalue weighted by atomic mass is 9.92. The number of nitrogens with one attached hydrogen (secondary N) is 1. The van der Waals surface area contributed by atoms with Crippen molar-refractivity contribution in [3.8, 4) is 11.4 Å². The van der Waals surface area contributed by atoms with Crippen molar-refractivity contribution in [1.29, 1.82) is 0 Å². The first-order valence-electron chi connectivity index (χ1n) is 7.21. The van der Waals surface area contributed by atoms with Gasteiger partial charge in [0.2, 0.25) is 11.7 Å². The van der Waals surface area contributed by atoms with E-state index in [1.807, 2.05) is 6.07 Å². The second kappa shape index (κ2) is 6.70. The molecule has 0 atom stereocenters. The molecule has 1 aromatic carbocycles. The molecule has 118 valence electrons. The van der Waals surface area contributed by atoms with E-state index in [2.05, 4.69) is 36.2 Å². The molecule has 0 unspecified atom stereocenters. The zero-order chi connectivity index (χ0) is 16.2. The predicted octanol–water partition coefficient (Wildman–Crippen LogP) is 2.05. The lowest BCUT2D eigenvalue weighted by molar-refractivity contribution is 0.0945. The van der Waals surface area contributed by atoms with Gasteiger partial charge in [-0.1, -0.05) is 38.1 Å². The Kier molecular flexibility index (Phi) is 4.92. The van der Waals surface area contributed by atoms with Crippen LogP contribution in [0.25, 0.3) is 11.4 Å². The van der Waals surface area contributed by atoms with Crippen LogP contribution in [0.15, 0.2) is 28.8 Å². The largest absolute Gasteiger partial charge is 0.395 e. The number of hydrogen-bond donors (Lipinski definition) is 2. The molecule has 0 bridgehead atoms. The summed E-state index contributed by atoms with van der Waals surface area (Å²) < 4.78 is 5.27. The van der Waals surface area contributed by atoms with Crippen molar-refractivity contribution in [3.05, 3.63) is 35.7 Å². The van der Waals surface area contributed by atoms with Crippen LogP contribution in [0.2, 0.25) is 0 Å². The molecule has 6 nitrogen and oxygen atoms in total. The highest BCUT2D eigenvalue weighted by Crippen LogP contribution is 2.22. The maximum Gasteiger partial charge on any atom is 0.251 e. The molecule has 0 saturated heterocycles. The molecule has 0 radical (unpaired) electrons. The number of hydrogen-bond acceptors (Lipinski definition) is 5. The van der Waals surface area contributed by atoms with Gasteiger partial charge >= 0.3 is 0 Å². The van der Waals surface area contributed by atoms with E-state index in [0.29, 0.717) is 23.7 Å². The Morgan fingerprint density at radius 1 is 1.36 bits per heavy atom. The van der Waals surface area contributed by atoms with E-state index in [9.17, 15) is 4.79 Å². The molecule has 22 heavy (non-hydrogen) atoms. The van der Waals surface area contributed by atoms with Crippen molar-refractivity contribution in [3.63, 3.8) is 0 Å². The molecule has 2 aromatic rings. The first-order chi connectivity index (χ1) is 10.4. The monoisotopic (exact) mass is 303 g/mol. The third-order valence-corrected chi connectivity index (χ3v) is 2.93. The fourth-order valence-electron chi connectivity index (χ4n) is 1.97. The average Bonchev–Trinajstić information content (AvgIpc) is 2.91. The topological polar surface area (TPSA) is 88.2 Å². The number of amides is 1. The summed E-state index contributed by atoms with van der Waals surface area (Å²) in [6, 6.07) is 7.00. The Hall–Kier alpha value is -2.21.